The summed E-state index contributed by atoms with van der Waals surface area (Å²) in [5.41, 5.74) is 0.503. The maximum absolute atomic E-state index is 11.1. The summed E-state index contributed by atoms with van der Waals surface area (Å²) >= 11 is 0. The van der Waals surface area contributed by atoms with Crippen LogP contribution in [0.1, 0.15) is 37.7 Å². The van der Waals surface area contributed by atoms with Crippen LogP contribution < -0.4 is 0 Å². The van der Waals surface area contributed by atoms with E-state index >= 15 is 0 Å². The van der Waals surface area contributed by atoms with Gasteiger partial charge in [0.15, 0.2) is 5.69 Å². The Kier molecular flexibility index (Phi) is 3.44. The Hall–Kier alpha value is -1.39. The standard InChI is InChI=1S/C10H17N3O2/c1-10(2,3)5-6-13-7-8(11-12-13)9(14)15-4/h7H,5-6H2,1-4H3. The molecule has 0 spiro atoms. The molecule has 0 amide bonds. The van der Waals surface area contributed by atoms with Crippen LogP contribution in [-0.4, -0.2) is 28.1 Å². The lowest BCUT2D eigenvalue weighted by Crippen LogP contribution is -2.10. The summed E-state index contributed by atoms with van der Waals surface area (Å²) in [5, 5.41) is 7.58. The normalized spacial score (nSPS) is 11.5. The Balaban J connectivity index is 2.57. The smallest absolute Gasteiger partial charge is 0.360 e. The van der Waals surface area contributed by atoms with Gasteiger partial charge in [0.1, 0.15) is 0 Å². The van der Waals surface area contributed by atoms with E-state index in [0.717, 1.165) is 13.0 Å². The fraction of sp³-hybridized carbons (Fsp3) is 0.700. The average Bonchev–Trinajstić information content (AvgIpc) is 2.61. The number of nitrogens with zero attached hydrogens (tertiary/aromatic N) is 3. The summed E-state index contributed by atoms with van der Waals surface area (Å²) in [6.07, 6.45) is 2.59. The van der Waals surface area contributed by atoms with E-state index in [-0.39, 0.29) is 11.1 Å². The highest BCUT2D eigenvalue weighted by Crippen LogP contribution is 2.18. The highest BCUT2D eigenvalue weighted by molar-refractivity contribution is 5.86. The first-order chi connectivity index (χ1) is 6.92. The fourth-order valence-corrected chi connectivity index (χ4v) is 1.06. The Bertz CT molecular complexity index is 339. The maximum Gasteiger partial charge on any atom is 0.360 e. The lowest BCUT2D eigenvalue weighted by molar-refractivity contribution is 0.0594. The molecule has 0 unspecified atom stereocenters. The molecule has 0 bridgehead atoms. The summed E-state index contributed by atoms with van der Waals surface area (Å²) in [6, 6.07) is 0. The number of carbonyl (C=O) groups excluding carboxylic acids is 1. The molecule has 0 N–H and O–H groups in total. The van der Waals surface area contributed by atoms with Crippen molar-refractivity contribution in [1.82, 2.24) is 15.0 Å². The summed E-state index contributed by atoms with van der Waals surface area (Å²) in [6.45, 7) is 7.23. The van der Waals surface area contributed by atoms with Crippen molar-refractivity contribution in [2.45, 2.75) is 33.7 Å². The number of aryl methyl sites for hydroxylation is 1. The molecular formula is C10H17N3O2. The summed E-state index contributed by atoms with van der Waals surface area (Å²) in [4.78, 5) is 11.1. The second kappa shape index (κ2) is 4.42. The third kappa shape index (κ3) is 3.69. The van der Waals surface area contributed by atoms with E-state index in [9.17, 15) is 4.79 Å². The number of carbonyl (C=O) groups is 1. The first kappa shape index (κ1) is 11.7. The van der Waals surface area contributed by atoms with Crippen LogP contribution in [-0.2, 0) is 11.3 Å². The molecule has 15 heavy (non-hydrogen) atoms. The van der Waals surface area contributed by atoms with E-state index in [1.54, 1.807) is 10.9 Å². The van der Waals surface area contributed by atoms with Gasteiger partial charge in [-0.1, -0.05) is 26.0 Å². The molecule has 0 radical (unpaired) electrons. The highest BCUT2D eigenvalue weighted by atomic mass is 16.5. The zero-order valence-electron chi connectivity index (χ0n) is 9.65. The number of methoxy groups -OCH3 is 1. The molecular weight excluding hydrogens is 194 g/mol. The van der Waals surface area contributed by atoms with Crippen molar-refractivity contribution < 1.29 is 9.53 Å². The van der Waals surface area contributed by atoms with Gasteiger partial charge < -0.3 is 4.74 Å². The molecule has 5 heteroatoms. The van der Waals surface area contributed by atoms with Crippen LogP contribution in [0.3, 0.4) is 0 Å². The summed E-state index contributed by atoms with van der Waals surface area (Å²) in [7, 11) is 1.33. The minimum absolute atomic E-state index is 0.247. The van der Waals surface area contributed by atoms with Gasteiger partial charge in [-0.05, 0) is 11.8 Å². The first-order valence-electron chi connectivity index (χ1n) is 4.91. The van der Waals surface area contributed by atoms with Gasteiger partial charge in [-0.2, -0.15) is 0 Å². The average molecular weight is 211 g/mol. The summed E-state index contributed by atoms with van der Waals surface area (Å²) < 4.78 is 6.20. The molecule has 0 aliphatic carbocycles. The van der Waals surface area contributed by atoms with Crippen molar-refractivity contribution in [2.24, 2.45) is 5.41 Å². The van der Waals surface area contributed by atoms with Gasteiger partial charge in [-0.3, -0.25) is 4.68 Å². The van der Waals surface area contributed by atoms with Gasteiger partial charge in [-0.25, -0.2) is 4.79 Å². The number of ether oxygens (including phenoxy) is 1. The van der Waals surface area contributed by atoms with Crippen LogP contribution in [0.5, 0.6) is 0 Å². The molecule has 0 aliphatic heterocycles. The van der Waals surface area contributed by atoms with E-state index in [1.807, 2.05) is 0 Å². The monoisotopic (exact) mass is 211 g/mol. The van der Waals surface area contributed by atoms with E-state index in [2.05, 4.69) is 35.8 Å². The number of esters is 1. The van der Waals surface area contributed by atoms with E-state index in [1.165, 1.54) is 7.11 Å². The molecule has 0 atom stereocenters. The molecule has 1 aromatic rings. The molecule has 5 nitrogen and oxygen atoms in total. The molecule has 1 heterocycles. The van der Waals surface area contributed by atoms with Gasteiger partial charge in [0.05, 0.1) is 13.3 Å². The van der Waals surface area contributed by atoms with Crippen LogP contribution >= 0.6 is 0 Å². The van der Waals surface area contributed by atoms with Crippen molar-refractivity contribution in [3.05, 3.63) is 11.9 Å². The minimum atomic E-state index is -0.447. The van der Waals surface area contributed by atoms with Gasteiger partial charge in [0, 0.05) is 6.54 Å². The highest BCUT2D eigenvalue weighted by Gasteiger charge is 2.13. The molecule has 84 valence electrons. The predicted molar refractivity (Wildman–Crippen MR) is 55.4 cm³/mol. The van der Waals surface area contributed by atoms with Gasteiger partial charge in [-0.15, -0.1) is 5.10 Å². The van der Waals surface area contributed by atoms with Crippen LogP contribution in [0.4, 0.5) is 0 Å². The van der Waals surface area contributed by atoms with Crippen molar-refractivity contribution in [2.75, 3.05) is 7.11 Å². The molecule has 0 fully saturated rings. The number of hydrogen-bond donors (Lipinski definition) is 0. The zero-order chi connectivity index (χ0) is 11.5. The van der Waals surface area contributed by atoms with Crippen molar-refractivity contribution >= 4 is 5.97 Å². The topological polar surface area (TPSA) is 57.0 Å². The van der Waals surface area contributed by atoms with Gasteiger partial charge in [0.2, 0.25) is 0 Å². The Morgan fingerprint density at radius 2 is 2.20 bits per heavy atom. The minimum Gasteiger partial charge on any atom is -0.464 e. The number of aromatic nitrogens is 3. The molecule has 0 saturated carbocycles. The van der Waals surface area contributed by atoms with E-state index < -0.39 is 5.97 Å². The summed E-state index contributed by atoms with van der Waals surface area (Å²) in [5.74, 6) is -0.447. The first-order valence-corrected chi connectivity index (χ1v) is 4.91. The Morgan fingerprint density at radius 1 is 1.53 bits per heavy atom. The van der Waals surface area contributed by atoms with Crippen molar-refractivity contribution in [1.29, 1.82) is 0 Å². The molecule has 1 aromatic heterocycles. The predicted octanol–water partition coefficient (Wildman–Crippen LogP) is 1.50. The number of hydrogen-bond acceptors (Lipinski definition) is 4. The van der Waals surface area contributed by atoms with Gasteiger partial charge in [0.25, 0.3) is 0 Å². The van der Waals surface area contributed by atoms with Gasteiger partial charge >= 0.3 is 5.97 Å². The van der Waals surface area contributed by atoms with Crippen LogP contribution in [0.25, 0.3) is 0 Å². The zero-order valence-corrected chi connectivity index (χ0v) is 9.65. The third-order valence-corrected chi connectivity index (χ3v) is 2.02. The SMILES string of the molecule is COC(=O)c1cn(CCC(C)(C)C)nn1. The fourth-order valence-electron chi connectivity index (χ4n) is 1.06. The van der Waals surface area contributed by atoms with Crippen LogP contribution in [0.15, 0.2) is 6.20 Å². The second-order valence-corrected chi connectivity index (χ2v) is 4.67. The number of rotatable bonds is 3. The second-order valence-electron chi connectivity index (χ2n) is 4.67. The Morgan fingerprint density at radius 3 is 2.73 bits per heavy atom. The molecule has 0 aliphatic rings. The lowest BCUT2D eigenvalue weighted by Gasteiger charge is -2.17. The van der Waals surface area contributed by atoms with E-state index in [4.69, 9.17) is 0 Å². The molecule has 0 aromatic carbocycles. The molecule has 1 rings (SSSR count). The molecule has 0 saturated heterocycles. The Labute approximate surface area is 89.4 Å². The van der Waals surface area contributed by atoms with Crippen LogP contribution in [0.2, 0.25) is 0 Å². The quantitative estimate of drug-likeness (QED) is 0.711. The largest absolute Gasteiger partial charge is 0.464 e. The third-order valence-electron chi connectivity index (χ3n) is 2.02. The van der Waals surface area contributed by atoms with Crippen molar-refractivity contribution in [3.8, 4) is 0 Å². The lowest BCUT2D eigenvalue weighted by atomic mass is 9.92. The van der Waals surface area contributed by atoms with Crippen LogP contribution in [0, 0.1) is 5.41 Å². The maximum atomic E-state index is 11.1. The van der Waals surface area contributed by atoms with E-state index in [0.29, 0.717) is 0 Å². The van der Waals surface area contributed by atoms with Crippen molar-refractivity contribution in [3.63, 3.8) is 0 Å².